The number of anilines is 4. The van der Waals surface area contributed by atoms with Crippen molar-refractivity contribution in [3.8, 4) is 5.75 Å². The van der Waals surface area contributed by atoms with Gasteiger partial charge in [-0.15, -0.1) is 0 Å². The van der Waals surface area contributed by atoms with Gasteiger partial charge < -0.3 is 35.2 Å². The SMILES string of the molecule is COc1ccccc1N1CCN(c2ccc(NC(=O)Nc3cccc(Cl)c3)cc2C(=O)NC[C@@H]2CCCO2)CC1. The van der Waals surface area contributed by atoms with Crippen LogP contribution >= 0.6 is 11.6 Å². The monoisotopic (exact) mass is 563 g/mol. The molecule has 210 valence electrons. The Morgan fingerprint density at radius 1 is 0.925 bits per heavy atom. The summed E-state index contributed by atoms with van der Waals surface area (Å²) in [5, 5.41) is 9.17. The lowest BCUT2D eigenvalue weighted by molar-refractivity contribution is 0.0858. The number of benzene rings is 3. The molecule has 0 unspecified atom stereocenters. The summed E-state index contributed by atoms with van der Waals surface area (Å²) in [5.41, 5.74) is 3.47. The lowest BCUT2D eigenvalue weighted by Crippen LogP contribution is -2.47. The topological polar surface area (TPSA) is 95.2 Å². The van der Waals surface area contributed by atoms with Crippen LogP contribution in [0.5, 0.6) is 5.75 Å². The number of amides is 3. The number of ether oxygens (including phenoxy) is 2. The fourth-order valence-corrected chi connectivity index (χ4v) is 5.31. The minimum atomic E-state index is -0.425. The van der Waals surface area contributed by atoms with Crippen LogP contribution in [-0.2, 0) is 4.74 Å². The van der Waals surface area contributed by atoms with Gasteiger partial charge in [-0.25, -0.2) is 4.79 Å². The van der Waals surface area contributed by atoms with Crippen LogP contribution < -0.4 is 30.5 Å². The van der Waals surface area contributed by atoms with Crippen LogP contribution in [0, 0.1) is 0 Å². The molecule has 3 aromatic carbocycles. The van der Waals surface area contributed by atoms with Gasteiger partial charge >= 0.3 is 6.03 Å². The molecular formula is C30H34ClN5O4. The van der Waals surface area contributed by atoms with Gasteiger partial charge in [0.25, 0.3) is 5.91 Å². The van der Waals surface area contributed by atoms with Crippen LogP contribution in [-0.4, -0.2) is 64.5 Å². The van der Waals surface area contributed by atoms with E-state index in [2.05, 4.69) is 31.8 Å². The number of para-hydroxylation sites is 2. The van der Waals surface area contributed by atoms with Crippen LogP contribution in [0.2, 0.25) is 5.02 Å². The van der Waals surface area contributed by atoms with Gasteiger partial charge in [-0.2, -0.15) is 0 Å². The third-order valence-corrected chi connectivity index (χ3v) is 7.38. The average molecular weight is 564 g/mol. The Labute approximate surface area is 239 Å². The van der Waals surface area contributed by atoms with Crippen LogP contribution in [0.1, 0.15) is 23.2 Å². The number of hydrogen-bond donors (Lipinski definition) is 3. The molecule has 2 heterocycles. The van der Waals surface area contributed by atoms with Crippen molar-refractivity contribution in [1.29, 1.82) is 0 Å². The first-order chi connectivity index (χ1) is 19.5. The van der Waals surface area contributed by atoms with Gasteiger partial charge in [0, 0.05) is 61.4 Å². The van der Waals surface area contributed by atoms with Gasteiger partial charge in [-0.05, 0) is 61.4 Å². The molecule has 2 saturated heterocycles. The molecule has 0 saturated carbocycles. The number of methoxy groups -OCH3 is 1. The molecule has 40 heavy (non-hydrogen) atoms. The van der Waals surface area contributed by atoms with Crippen molar-refractivity contribution in [2.75, 3.05) is 66.9 Å². The highest BCUT2D eigenvalue weighted by molar-refractivity contribution is 6.30. The van der Waals surface area contributed by atoms with Crippen molar-refractivity contribution in [3.05, 3.63) is 77.3 Å². The maximum Gasteiger partial charge on any atom is 0.323 e. The summed E-state index contributed by atoms with van der Waals surface area (Å²) in [6.07, 6.45) is 1.97. The van der Waals surface area contributed by atoms with E-state index in [1.807, 2.05) is 30.3 Å². The lowest BCUT2D eigenvalue weighted by Gasteiger charge is -2.38. The number of hydrogen-bond acceptors (Lipinski definition) is 6. The number of piperazine rings is 1. The standard InChI is InChI=1S/C30H34ClN5O4/c1-39-28-10-3-2-9-27(28)36-15-13-35(14-16-36)26-12-11-23(34-30(38)33-22-7-4-6-21(31)18-22)19-25(26)29(37)32-20-24-8-5-17-40-24/h2-4,6-7,9-12,18-19,24H,5,8,13-17,20H2,1H3,(H,32,37)(H2,33,34,38)/t24-/m0/s1. The molecule has 3 aromatic rings. The number of carbonyl (C=O) groups is 2. The summed E-state index contributed by atoms with van der Waals surface area (Å²) in [6, 6.07) is 19.9. The molecule has 0 aromatic heterocycles. The van der Waals surface area contributed by atoms with Crippen LogP contribution in [0.15, 0.2) is 66.7 Å². The number of urea groups is 1. The molecule has 9 nitrogen and oxygen atoms in total. The summed E-state index contributed by atoms with van der Waals surface area (Å²) in [5.74, 6) is 0.646. The highest BCUT2D eigenvalue weighted by atomic mass is 35.5. The number of nitrogens with one attached hydrogen (secondary N) is 3. The second kappa shape index (κ2) is 12.9. The minimum Gasteiger partial charge on any atom is -0.495 e. The third kappa shape index (κ3) is 6.78. The van der Waals surface area contributed by atoms with Crippen molar-refractivity contribution in [1.82, 2.24) is 5.32 Å². The van der Waals surface area contributed by atoms with Crippen molar-refractivity contribution < 1.29 is 19.1 Å². The van der Waals surface area contributed by atoms with E-state index in [4.69, 9.17) is 21.1 Å². The predicted molar refractivity (Wildman–Crippen MR) is 159 cm³/mol. The zero-order valence-electron chi connectivity index (χ0n) is 22.5. The van der Waals surface area contributed by atoms with Crippen molar-refractivity contribution in [2.45, 2.75) is 18.9 Å². The molecule has 0 radical (unpaired) electrons. The number of rotatable bonds is 8. The molecule has 1 atom stereocenters. The number of carbonyl (C=O) groups excluding carboxylic acids is 2. The van der Waals surface area contributed by atoms with E-state index < -0.39 is 6.03 Å². The van der Waals surface area contributed by atoms with E-state index >= 15 is 0 Å². The lowest BCUT2D eigenvalue weighted by atomic mass is 10.1. The molecule has 2 aliphatic rings. The van der Waals surface area contributed by atoms with Gasteiger partial charge in [0.1, 0.15) is 5.75 Å². The molecule has 3 amide bonds. The van der Waals surface area contributed by atoms with Crippen molar-refractivity contribution in [2.24, 2.45) is 0 Å². The van der Waals surface area contributed by atoms with Gasteiger partial charge in [-0.3, -0.25) is 4.79 Å². The molecule has 0 bridgehead atoms. The average Bonchev–Trinajstić information content (AvgIpc) is 3.50. The van der Waals surface area contributed by atoms with E-state index in [0.29, 0.717) is 28.5 Å². The van der Waals surface area contributed by atoms with Crippen molar-refractivity contribution in [3.63, 3.8) is 0 Å². The molecule has 0 spiro atoms. The Kier molecular flexibility index (Phi) is 8.93. The Morgan fingerprint density at radius 2 is 1.65 bits per heavy atom. The van der Waals surface area contributed by atoms with Gasteiger partial charge in [0.2, 0.25) is 0 Å². The van der Waals surface area contributed by atoms with Crippen LogP contribution in [0.3, 0.4) is 0 Å². The first-order valence-electron chi connectivity index (χ1n) is 13.5. The Hall–Kier alpha value is -3.95. The quantitative estimate of drug-likeness (QED) is 0.347. The Balaban J connectivity index is 1.31. The summed E-state index contributed by atoms with van der Waals surface area (Å²) < 4.78 is 11.2. The Morgan fingerprint density at radius 3 is 2.35 bits per heavy atom. The zero-order valence-corrected chi connectivity index (χ0v) is 23.2. The Bertz CT molecular complexity index is 1340. The second-order valence-corrected chi connectivity index (χ2v) is 10.2. The normalized spacial score (nSPS) is 16.9. The molecule has 0 aliphatic carbocycles. The highest BCUT2D eigenvalue weighted by Gasteiger charge is 2.25. The second-order valence-electron chi connectivity index (χ2n) is 9.81. The molecular weight excluding hydrogens is 530 g/mol. The summed E-state index contributed by atoms with van der Waals surface area (Å²) in [6.45, 7) is 4.19. The smallest absolute Gasteiger partial charge is 0.323 e. The molecule has 5 rings (SSSR count). The maximum atomic E-state index is 13.4. The minimum absolute atomic E-state index is 0.0292. The fourth-order valence-electron chi connectivity index (χ4n) is 5.12. The van der Waals surface area contributed by atoms with Gasteiger partial charge in [-0.1, -0.05) is 29.8 Å². The number of halogens is 1. The van der Waals surface area contributed by atoms with Crippen LogP contribution in [0.25, 0.3) is 0 Å². The third-order valence-electron chi connectivity index (χ3n) is 7.14. The molecule has 3 N–H and O–H groups in total. The predicted octanol–water partition coefficient (Wildman–Crippen LogP) is 5.23. The van der Waals surface area contributed by atoms with E-state index in [-0.39, 0.29) is 12.0 Å². The largest absolute Gasteiger partial charge is 0.495 e. The van der Waals surface area contributed by atoms with E-state index in [9.17, 15) is 9.59 Å². The first-order valence-corrected chi connectivity index (χ1v) is 13.9. The van der Waals surface area contributed by atoms with Gasteiger partial charge in [0.15, 0.2) is 0 Å². The maximum absolute atomic E-state index is 13.4. The zero-order chi connectivity index (χ0) is 27.9. The van der Waals surface area contributed by atoms with E-state index in [1.165, 1.54) is 0 Å². The van der Waals surface area contributed by atoms with E-state index in [1.54, 1.807) is 37.4 Å². The van der Waals surface area contributed by atoms with Gasteiger partial charge in [0.05, 0.1) is 24.5 Å². The van der Waals surface area contributed by atoms with Crippen molar-refractivity contribution >= 4 is 46.3 Å². The molecule has 2 fully saturated rings. The molecule has 10 heteroatoms. The number of nitrogens with zero attached hydrogens (tertiary/aromatic N) is 2. The summed E-state index contributed by atoms with van der Waals surface area (Å²) in [4.78, 5) is 30.6. The molecule has 2 aliphatic heterocycles. The highest BCUT2D eigenvalue weighted by Crippen LogP contribution is 2.31. The first kappa shape index (κ1) is 27.6. The van der Waals surface area contributed by atoms with E-state index in [0.717, 1.165) is 62.8 Å². The summed E-state index contributed by atoms with van der Waals surface area (Å²) in [7, 11) is 1.68. The summed E-state index contributed by atoms with van der Waals surface area (Å²) >= 11 is 6.03. The fraction of sp³-hybridized carbons (Fsp3) is 0.333. The van der Waals surface area contributed by atoms with Crippen LogP contribution in [0.4, 0.5) is 27.5 Å².